The molecule has 3 heterocycles. The van der Waals surface area contributed by atoms with Crippen molar-refractivity contribution in [1.29, 1.82) is 0 Å². The van der Waals surface area contributed by atoms with Gasteiger partial charge in [0, 0.05) is 19.2 Å². The number of piperidine rings is 1. The Kier molecular flexibility index (Phi) is 3.19. The standard InChI is InChI=1S/C14H23N3/c1-11-4-6-17-10-13(16-14(17)7-11)8-12-3-2-5-15-9-12/h10-12,15H,2-9H2,1H3. The lowest BCUT2D eigenvalue weighted by molar-refractivity contribution is 0.374. The Labute approximate surface area is 104 Å². The summed E-state index contributed by atoms with van der Waals surface area (Å²) in [6, 6.07) is 0. The summed E-state index contributed by atoms with van der Waals surface area (Å²) in [5.74, 6) is 2.94. The highest BCUT2D eigenvalue weighted by Gasteiger charge is 2.20. The van der Waals surface area contributed by atoms with Gasteiger partial charge in [-0.25, -0.2) is 4.98 Å². The van der Waals surface area contributed by atoms with Gasteiger partial charge in [0.05, 0.1) is 5.69 Å². The van der Waals surface area contributed by atoms with Gasteiger partial charge in [-0.05, 0) is 50.6 Å². The molecule has 1 aromatic rings. The minimum absolute atomic E-state index is 0.804. The second kappa shape index (κ2) is 4.81. The lowest BCUT2D eigenvalue weighted by Gasteiger charge is -2.21. The van der Waals surface area contributed by atoms with Crippen molar-refractivity contribution in [2.45, 2.75) is 45.6 Å². The Morgan fingerprint density at radius 3 is 3.24 bits per heavy atom. The highest BCUT2D eigenvalue weighted by Crippen LogP contribution is 2.22. The molecular formula is C14H23N3. The van der Waals surface area contributed by atoms with Crippen LogP contribution >= 0.6 is 0 Å². The van der Waals surface area contributed by atoms with E-state index in [2.05, 4.69) is 23.0 Å². The summed E-state index contributed by atoms with van der Waals surface area (Å²) in [5, 5.41) is 3.49. The van der Waals surface area contributed by atoms with Crippen LogP contribution < -0.4 is 5.32 Å². The highest BCUT2D eigenvalue weighted by molar-refractivity contribution is 5.08. The van der Waals surface area contributed by atoms with E-state index in [9.17, 15) is 0 Å². The molecule has 0 bridgehead atoms. The van der Waals surface area contributed by atoms with Gasteiger partial charge in [0.1, 0.15) is 5.82 Å². The number of nitrogens with zero attached hydrogens (tertiary/aromatic N) is 2. The van der Waals surface area contributed by atoms with Gasteiger partial charge >= 0.3 is 0 Å². The molecule has 0 spiro atoms. The number of nitrogens with one attached hydrogen (secondary N) is 1. The number of imidazole rings is 1. The first-order valence-corrected chi connectivity index (χ1v) is 7.07. The van der Waals surface area contributed by atoms with E-state index >= 15 is 0 Å². The minimum atomic E-state index is 0.804. The molecule has 0 aliphatic carbocycles. The third-order valence-corrected chi connectivity index (χ3v) is 4.20. The van der Waals surface area contributed by atoms with E-state index in [0.717, 1.165) is 11.8 Å². The van der Waals surface area contributed by atoms with Gasteiger partial charge in [0.25, 0.3) is 0 Å². The van der Waals surface area contributed by atoms with E-state index in [1.54, 1.807) is 0 Å². The first kappa shape index (κ1) is 11.3. The van der Waals surface area contributed by atoms with E-state index in [1.807, 2.05) is 0 Å². The van der Waals surface area contributed by atoms with Crippen molar-refractivity contribution in [3.8, 4) is 0 Å². The van der Waals surface area contributed by atoms with Gasteiger partial charge in [0.15, 0.2) is 0 Å². The number of rotatable bonds is 2. The van der Waals surface area contributed by atoms with E-state index in [-0.39, 0.29) is 0 Å². The van der Waals surface area contributed by atoms with Crippen LogP contribution in [0.25, 0.3) is 0 Å². The molecule has 94 valence electrons. The first-order valence-electron chi connectivity index (χ1n) is 7.07. The van der Waals surface area contributed by atoms with Gasteiger partial charge in [-0.15, -0.1) is 0 Å². The van der Waals surface area contributed by atoms with E-state index in [4.69, 9.17) is 4.98 Å². The maximum absolute atomic E-state index is 4.83. The van der Waals surface area contributed by atoms with Crippen LogP contribution in [0.3, 0.4) is 0 Å². The Balaban J connectivity index is 1.67. The van der Waals surface area contributed by atoms with Crippen LogP contribution in [0.5, 0.6) is 0 Å². The normalized spacial score (nSPS) is 29.0. The third-order valence-electron chi connectivity index (χ3n) is 4.20. The molecule has 3 heteroatoms. The lowest BCUT2D eigenvalue weighted by atomic mass is 9.95. The van der Waals surface area contributed by atoms with Gasteiger partial charge in [-0.2, -0.15) is 0 Å². The van der Waals surface area contributed by atoms with Crippen LogP contribution in [0.2, 0.25) is 0 Å². The zero-order valence-corrected chi connectivity index (χ0v) is 10.8. The molecule has 2 aliphatic heterocycles. The van der Waals surface area contributed by atoms with E-state index < -0.39 is 0 Å². The van der Waals surface area contributed by atoms with E-state index in [1.165, 1.54) is 63.3 Å². The number of fused-ring (bicyclic) bond motifs is 1. The molecular weight excluding hydrogens is 210 g/mol. The Morgan fingerprint density at radius 1 is 1.47 bits per heavy atom. The van der Waals surface area contributed by atoms with Crippen LogP contribution in [-0.4, -0.2) is 22.6 Å². The molecule has 0 saturated carbocycles. The van der Waals surface area contributed by atoms with Gasteiger partial charge in [-0.1, -0.05) is 6.92 Å². The van der Waals surface area contributed by atoms with Crippen molar-refractivity contribution in [2.75, 3.05) is 13.1 Å². The van der Waals surface area contributed by atoms with Gasteiger partial charge < -0.3 is 9.88 Å². The van der Waals surface area contributed by atoms with Crippen molar-refractivity contribution in [2.24, 2.45) is 11.8 Å². The van der Waals surface area contributed by atoms with Crippen molar-refractivity contribution in [3.05, 3.63) is 17.7 Å². The van der Waals surface area contributed by atoms with Crippen molar-refractivity contribution in [1.82, 2.24) is 14.9 Å². The molecule has 17 heavy (non-hydrogen) atoms. The largest absolute Gasteiger partial charge is 0.335 e. The summed E-state index contributed by atoms with van der Waals surface area (Å²) >= 11 is 0. The molecule has 3 nitrogen and oxygen atoms in total. The fourth-order valence-corrected chi connectivity index (χ4v) is 3.14. The molecule has 1 fully saturated rings. The molecule has 1 aromatic heterocycles. The van der Waals surface area contributed by atoms with Crippen LogP contribution in [0, 0.1) is 11.8 Å². The minimum Gasteiger partial charge on any atom is -0.335 e. The van der Waals surface area contributed by atoms with Crippen LogP contribution in [0.15, 0.2) is 6.20 Å². The summed E-state index contributed by atoms with van der Waals surface area (Å²) in [6.45, 7) is 5.89. The molecule has 2 unspecified atom stereocenters. The summed E-state index contributed by atoms with van der Waals surface area (Å²) in [4.78, 5) is 4.83. The van der Waals surface area contributed by atoms with Crippen LogP contribution in [0.4, 0.5) is 0 Å². The third kappa shape index (κ3) is 2.54. The Morgan fingerprint density at radius 2 is 2.41 bits per heavy atom. The predicted octanol–water partition coefficient (Wildman–Crippen LogP) is 2.01. The van der Waals surface area contributed by atoms with Crippen molar-refractivity contribution >= 4 is 0 Å². The number of aromatic nitrogens is 2. The van der Waals surface area contributed by atoms with E-state index in [0.29, 0.717) is 0 Å². The van der Waals surface area contributed by atoms with Crippen LogP contribution in [-0.2, 0) is 19.4 Å². The SMILES string of the molecule is CC1CCn2cc(CC3CCCNC3)nc2C1. The van der Waals surface area contributed by atoms with Gasteiger partial charge in [-0.3, -0.25) is 0 Å². The average molecular weight is 233 g/mol. The fourth-order valence-electron chi connectivity index (χ4n) is 3.14. The Bertz CT molecular complexity index is 377. The lowest BCUT2D eigenvalue weighted by Crippen LogP contribution is -2.30. The molecule has 2 atom stereocenters. The van der Waals surface area contributed by atoms with Crippen molar-refractivity contribution < 1.29 is 0 Å². The van der Waals surface area contributed by atoms with Gasteiger partial charge in [0.2, 0.25) is 0 Å². The molecule has 3 rings (SSSR count). The second-order valence-electron chi connectivity index (χ2n) is 5.86. The smallest absolute Gasteiger partial charge is 0.109 e. The number of hydrogen-bond donors (Lipinski definition) is 1. The monoisotopic (exact) mass is 233 g/mol. The summed E-state index contributed by atoms with van der Waals surface area (Å²) in [7, 11) is 0. The molecule has 1 N–H and O–H groups in total. The number of aryl methyl sites for hydroxylation is 1. The second-order valence-corrected chi connectivity index (χ2v) is 5.86. The molecule has 1 saturated heterocycles. The summed E-state index contributed by atoms with van der Waals surface area (Å²) in [6.07, 6.45) is 8.65. The first-order chi connectivity index (χ1) is 8.31. The van der Waals surface area contributed by atoms with Crippen molar-refractivity contribution in [3.63, 3.8) is 0 Å². The summed E-state index contributed by atoms with van der Waals surface area (Å²) < 4.78 is 2.38. The predicted molar refractivity (Wildman–Crippen MR) is 69.0 cm³/mol. The zero-order valence-electron chi connectivity index (χ0n) is 10.8. The highest BCUT2D eigenvalue weighted by atomic mass is 15.1. The molecule has 0 aromatic carbocycles. The fraction of sp³-hybridized carbons (Fsp3) is 0.786. The maximum Gasteiger partial charge on any atom is 0.109 e. The average Bonchev–Trinajstić information content (AvgIpc) is 2.71. The molecule has 0 radical (unpaired) electrons. The Hall–Kier alpha value is -0.830. The van der Waals surface area contributed by atoms with Crippen LogP contribution in [0.1, 0.15) is 37.7 Å². The number of hydrogen-bond acceptors (Lipinski definition) is 2. The molecule has 0 amide bonds. The maximum atomic E-state index is 4.83. The quantitative estimate of drug-likeness (QED) is 0.847. The molecule has 2 aliphatic rings. The topological polar surface area (TPSA) is 29.9 Å². The summed E-state index contributed by atoms with van der Waals surface area (Å²) in [5.41, 5.74) is 1.32. The zero-order chi connectivity index (χ0) is 11.7.